The summed E-state index contributed by atoms with van der Waals surface area (Å²) in [7, 11) is 0. The standard InChI is InChI=1S/C45H62O10/c1-5-42(4,43-13-24-6-25(14-43)8-26(7-24)15-43)54-38(47)29(10-30-22(2)31-12-32(30)34-20-52-40(49)36(31)34)11-33(35-23(3)37(46)53-41(35)50)39(48)55-45-18-27-9-28(19-45)17-44(51,16-27)21-45/h22-36,51H,5-21H2,1-4H3. The molecule has 10 heteroatoms. The Morgan fingerprint density at radius 1 is 0.818 bits per heavy atom. The number of hydrogen-bond donors (Lipinski definition) is 1. The number of cyclic esters (lactones) is 3. The molecule has 12 aliphatic rings. The van der Waals surface area contributed by atoms with Crippen molar-refractivity contribution in [2.24, 2.45) is 94.2 Å². The van der Waals surface area contributed by atoms with E-state index in [-0.39, 0.29) is 71.1 Å². The van der Waals surface area contributed by atoms with E-state index in [1.54, 1.807) is 6.92 Å². The minimum atomic E-state index is -1.08. The lowest BCUT2D eigenvalue weighted by molar-refractivity contribution is -0.224. The predicted octanol–water partition coefficient (Wildman–Crippen LogP) is 6.58. The quantitative estimate of drug-likeness (QED) is 0.139. The van der Waals surface area contributed by atoms with Gasteiger partial charge in [0, 0.05) is 17.8 Å². The first-order valence-corrected chi connectivity index (χ1v) is 22.2. The van der Waals surface area contributed by atoms with E-state index in [0.29, 0.717) is 56.5 Å². The number of fused-ring (bicyclic) bond motifs is 5. The van der Waals surface area contributed by atoms with Crippen molar-refractivity contribution in [1.82, 2.24) is 0 Å². The van der Waals surface area contributed by atoms with Crippen LogP contribution in [0.2, 0.25) is 0 Å². The highest BCUT2D eigenvalue weighted by atomic mass is 16.6. The molecule has 2 heterocycles. The van der Waals surface area contributed by atoms with Gasteiger partial charge in [0.05, 0.1) is 41.8 Å². The molecule has 10 saturated carbocycles. The van der Waals surface area contributed by atoms with Crippen molar-refractivity contribution in [3.8, 4) is 0 Å². The van der Waals surface area contributed by atoms with Crippen LogP contribution in [0, 0.1) is 94.2 Å². The van der Waals surface area contributed by atoms with E-state index in [4.69, 9.17) is 18.9 Å². The van der Waals surface area contributed by atoms with E-state index in [0.717, 1.165) is 44.9 Å². The van der Waals surface area contributed by atoms with Crippen LogP contribution in [0.3, 0.4) is 0 Å². The molecule has 12 fully saturated rings. The van der Waals surface area contributed by atoms with Gasteiger partial charge in [0.1, 0.15) is 11.2 Å². The van der Waals surface area contributed by atoms with E-state index in [1.165, 1.54) is 19.3 Å². The molecular formula is C45H62O10. The van der Waals surface area contributed by atoms with Crippen LogP contribution < -0.4 is 0 Å². The highest BCUT2D eigenvalue weighted by Crippen LogP contribution is 2.66. The SMILES string of the molecule is CCC(C)(OC(=O)C(CC(C(=O)OC12CC3CC(CC(O)(C3)C1)C2)C1C(=O)OC(=O)C1C)CC1C(C)C2CC1C1COC(=O)C21)C12CC3CC(CC(C3)C1)C2. The van der Waals surface area contributed by atoms with Crippen LogP contribution in [0.15, 0.2) is 0 Å². The van der Waals surface area contributed by atoms with Crippen molar-refractivity contribution < 1.29 is 48.0 Å². The van der Waals surface area contributed by atoms with Crippen LogP contribution in [0.1, 0.15) is 130 Å². The molecule has 2 saturated heterocycles. The Morgan fingerprint density at radius 2 is 1.45 bits per heavy atom. The average Bonchev–Trinajstić information content (AvgIpc) is 3.82. The van der Waals surface area contributed by atoms with E-state index < -0.39 is 58.4 Å². The largest absolute Gasteiger partial charge is 0.465 e. The Kier molecular flexibility index (Phi) is 8.37. The molecule has 0 aromatic heterocycles. The first-order valence-electron chi connectivity index (χ1n) is 22.2. The van der Waals surface area contributed by atoms with Gasteiger partial charge in [0.25, 0.3) is 0 Å². The summed E-state index contributed by atoms with van der Waals surface area (Å²) in [6, 6.07) is 0. The first kappa shape index (κ1) is 36.8. The molecule has 2 aliphatic heterocycles. The zero-order valence-electron chi connectivity index (χ0n) is 33.3. The van der Waals surface area contributed by atoms with Gasteiger partial charge >= 0.3 is 29.8 Å². The van der Waals surface area contributed by atoms with Gasteiger partial charge in [0.15, 0.2) is 0 Å². The van der Waals surface area contributed by atoms with Gasteiger partial charge in [-0.15, -0.1) is 0 Å². The summed E-state index contributed by atoms with van der Waals surface area (Å²) in [6.45, 7) is 8.54. The third-order valence-corrected chi connectivity index (χ3v) is 18.6. The van der Waals surface area contributed by atoms with Crippen molar-refractivity contribution in [3.63, 3.8) is 0 Å². The van der Waals surface area contributed by atoms with Gasteiger partial charge in [-0.1, -0.05) is 20.8 Å². The molecule has 13 atom stereocenters. The Hall–Kier alpha value is -2.49. The van der Waals surface area contributed by atoms with Gasteiger partial charge in [0.2, 0.25) is 0 Å². The Morgan fingerprint density at radius 3 is 2.04 bits per heavy atom. The molecule has 10 bridgehead atoms. The molecule has 1 N–H and O–H groups in total. The molecule has 0 radical (unpaired) electrons. The van der Waals surface area contributed by atoms with Crippen LogP contribution in [0.25, 0.3) is 0 Å². The predicted molar refractivity (Wildman–Crippen MR) is 196 cm³/mol. The highest BCUT2D eigenvalue weighted by molar-refractivity contribution is 5.98. The summed E-state index contributed by atoms with van der Waals surface area (Å²) in [5, 5.41) is 11.5. The summed E-state index contributed by atoms with van der Waals surface area (Å²) in [5.41, 5.74) is -2.42. The molecule has 302 valence electrons. The number of rotatable bonds is 11. The molecule has 12 rings (SSSR count). The van der Waals surface area contributed by atoms with Crippen LogP contribution >= 0.6 is 0 Å². The molecule has 10 aliphatic carbocycles. The van der Waals surface area contributed by atoms with Crippen molar-refractivity contribution in [2.45, 2.75) is 147 Å². The summed E-state index contributed by atoms with van der Waals surface area (Å²) >= 11 is 0. The molecule has 10 nitrogen and oxygen atoms in total. The lowest BCUT2D eigenvalue weighted by Crippen LogP contribution is -2.61. The normalized spacial score (nSPS) is 50.4. The zero-order valence-corrected chi connectivity index (χ0v) is 33.3. The van der Waals surface area contributed by atoms with Gasteiger partial charge in [-0.2, -0.15) is 0 Å². The van der Waals surface area contributed by atoms with Crippen molar-refractivity contribution in [1.29, 1.82) is 0 Å². The summed E-state index contributed by atoms with van der Waals surface area (Å²) < 4.78 is 24.3. The summed E-state index contributed by atoms with van der Waals surface area (Å²) in [6.07, 6.45) is 13.4. The van der Waals surface area contributed by atoms with Crippen molar-refractivity contribution >= 4 is 29.8 Å². The number of carbonyl (C=O) groups is 5. The second-order valence-electron chi connectivity index (χ2n) is 21.7. The fraction of sp³-hybridized carbons (Fsp3) is 0.889. The summed E-state index contributed by atoms with van der Waals surface area (Å²) in [5.74, 6) is -2.74. The Bertz CT molecular complexity index is 1620. The molecule has 0 amide bonds. The number of ether oxygens (including phenoxy) is 4. The molecule has 13 unspecified atom stereocenters. The van der Waals surface area contributed by atoms with Gasteiger partial charge < -0.3 is 24.1 Å². The number of esters is 5. The minimum absolute atomic E-state index is 0.0209. The third kappa shape index (κ3) is 5.65. The maximum absolute atomic E-state index is 15.2. The first-order chi connectivity index (χ1) is 26.1. The smallest absolute Gasteiger partial charge is 0.318 e. The lowest BCUT2D eigenvalue weighted by Gasteiger charge is -2.62. The number of aliphatic hydroxyl groups is 1. The molecule has 0 spiro atoms. The molecule has 55 heavy (non-hydrogen) atoms. The molecule has 0 aromatic carbocycles. The number of carbonyl (C=O) groups excluding carboxylic acids is 5. The maximum atomic E-state index is 15.2. The lowest BCUT2D eigenvalue weighted by atomic mass is 9.45. The fourth-order valence-corrected chi connectivity index (χ4v) is 16.8. The monoisotopic (exact) mass is 762 g/mol. The van der Waals surface area contributed by atoms with E-state index >= 15 is 4.79 Å². The van der Waals surface area contributed by atoms with E-state index in [2.05, 4.69) is 20.8 Å². The summed E-state index contributed by atoms with van der Waals surface area (Å²) in [4.78, 5) is 69.2. The Labute approximate surface area is 325 Å². The van der Waals surface area contributed by atoms with Crippen LogP contribution in [0.4, 0.5) is 0 Å². The highest BCUT2D eigenvalue weighted by Gasteiger charge is 2.65. The minimum Gasteiger partial charge on any atom is -0.465 e. The van der Waals surface area contributed by atoms with Crippen molar-refractivity contribution in [3.05, 3.63) is 0 Å². The number of hydrogen-bond acceptors (Lipinski definition) is 10. The van der Waals surface area contributed by atoms with E-state index in [9.17, 15) is 24.3 Å². The van der Waals surface area contributed by atoms with Gasteiger partial charge in [-0.05, 0) is 156 Å². The molecule has 0 aromatic rings. The maximum Gasteiger partial charge on any atom is 0.318 e. The second kappa shape index (κ2) is 12.5. The van der Waals surface area contributed by atoms with Crippen LogP contribution in [-0.4, -0.2) is 58.4 Å². The second-order valence-corrected chi connectivity index (χ2v) is 21.7. The fourth-order valence-electron chi connectivity index (χ4n) is 16.8. The van der Waals surface area contributed by atoms with Crippen molar-refractivity contribution in [2.75, 3.05) is 6.61 Å². The van der Waals surface area contributed by atoms with Crippen LogP contribution in [-0.2, 0) is 42.9 Å². The van der Waals surface area contributed by atoms with Gasteiger partial charge in [-0.3, -0.25) is 24.0 Å². The Balaban J connectivity index is 0.977. The van der Waals surface area contributed by atoms with E-state index in [1.807, 2.05) is 0 Å². The average molecular weight is 763 g/mol. The zero-order chi connectivity index (χ0) is 38.4. The van der Waals surface area contributed by atoms with Crippen LogP contribution in [0.5, 0.6) is 0 Å². The third-order valence-electron chi connectivity index (χ3n) is 18.6. The topological polar surface area (TPSA) is 143 Å². The van der Waals surface area contributed by atoms with Gasteiger partial charge in [-0.25, -0.2) is 0 Å². The molecular weight excluding hydrogens is 700 g/mol.